The number of nitrogens with zero attached hydrogens (tertiary/aromatic N) is 1. The molecular weight excluding hydrogens is 354 g/mol. The van der Waals surface area contributed by atoms with Gasteiger partial charge < -0.3 is 15.4 Å². The van der Waals surface area contributed by atoms with Gasteiger partial charge in [0.2, 0.25) is 0 Å². The highest BCUT2D eigenvalue weighted by Gasteiger charge is 2.16. The molecule has 144 valence electrons. The minimum atomic E-state index is -0.614. The Morgan fingerprint density at radius 1 is 1.18 bits per heavy atom. The Kier molecular flexibility index (Phi) is 7.79. The number of carbonyl (C=O) groups is 2. The summed E-state index contributed by atoms with van der Waals surface area (Å²) in [6.45, 7) is 4.27. The second kappa shape index (κ2) is 10.5. The van der Waals surface area contributed by atoms with E-state index in [-0.39, 0.29) is 11.1 Å². The average Bonchev–Trinajstić information content (AvgIpc) is 2.69. The lowest BCUT2D eigenvalue weighted by Crippen LogP contribution is -2.18. The molecule has 6 nitrogen and oxygen atoms in total. The average molecular weight is 377 g/mol. The van der Waals surface area contributed by atoms with Crippen LogP contribution in [0, 0.1) is 18.3 Å². The maximum absolute atomic E-state index is 12.5. The summed E-state index contributed by atoms with van der Waals surface area (Å²) < 4.78 is 5.21. The number of unbranched alkanes of at least 4 members (excludes halogenated alkanes) is 1. The maximum atomic E-state index is 12.5. The van der Waals surface area contributed by atoms with E-state index in [1.54, 1.807) is 24.3 Å². The number of anilines is 2. The number of aryl methyl sites for hydroxylation is 1. The zero-order valence-electron chi connectivity index (χ0n) is 16.0. The molecule has 0 saturated heterocycles. The molecule has 2 aromatic rings. The monoisotopic (exact) mass is 377 g/mol. The lowest BCUT2D eigenvalue weighted by molar-refractivity contribution is -0.112. The van der Waals surface area contributed by atoms with Crippen molar-refractivity contribution in [3.05, 3.63) is 71.4 Å². The number of esters is 1. The molecule has 0 radical (unpaired) electrons. The van der Waals surface area contributed by atoms with Gasteiger partial charge >= 0.3 is 5.97 Å². The van der Waals surface area contributed by atoms with Gasteiger partial charge in [-0.05, 0) is 43.2 Å². The smallest absolute Gasteiger partial charge is 0.340 e. The Labute approximate surface area is 164 Å². The number of nitrogens with one attached hydrogen (secondary N) is 2. The van der Waals surface area contributed by atoms with E-state index < -0.39 is 11.9 Å². The Bertz CT molecular complexity index is 913. The fourth-order valence-electron chi connectivity index (χ4n) is 2.39. The molecule has 0 aliphatic rings. The largest absolute Gasteiger partial charge is 0.462 e. The van der Waals surface area contributed by atoms with Crippen molar-refractivity contribution in [2.75, 3.05) is 17.2 Å². The van der Waals surface area contributed by atoms with Crippen molar-refractivity contribution in [2.45, 2.75) is 26.7 Å². The maximum Gasteiger partial charge on any atom is 0.340 e. The van der Waals surface area contributed by atoms with Gasteiger partial charge in [0.05, 0.1) is 17.9 Å². The van der Waals surface area contributed by atoms with Gasteiger partial charge in [-0.25, -0.2) is 4.79 Å². The Morgan fingerprint density at radius 3 is 2.68 bits per heavy atom. The van der Waals surface area contributed by atoms with Gasteiger partial charge in [-0.1, -0.05) is 37.6 Å². The fraction of sp³-hybridized carbons (Fsp3) is 0.227. The Hall–Kier alpha value is -3.59. The predicted molar refractivity (Wildman–Crippen MR) is 109 cm³/mol. The van der Waals surface area contributed by atoms with E-state index in [4.69, 9.17) is 4.74 Å². The van der Waals surface area contributed by atoms with Gasteiger partial charge in [-0.3, -0.25) is 4.79 Å². The molecular formula is C22H23N3O3. The number of amides is 1. The standard InChI is InChI=1S/C22H23N3O3/c1-3-4-12-28-22(27)19-10-5-6-11-20(19)25-21(26)17(14-23)15-24-18-9-7-8-16(2)13-18/h5-11,13,15,24H,3-4,12H2,1-2H3,(H,25,26)/b17-15-. The van der Waals surface area contributed by atoms with E-state index in [9.17, 15) is 14.9 Å². The van der Waals surface area contributed by atoms with Gasteiger partial charge in [0, 0.05) is 11.9 Å². The van der Waals surface area contributed by atoms with Crippen LogP contribution in [0.15, 0.2) is 60.3 Å². The van der Waals surface area contributed by atoms with Crippen molar-refractivity contribution < 1.29 is 14.3 Å². The first-order valence-corrected chi connectivity index (χ1v) is 9.06. The molecule has 0 atom stereocenters. The van der Waals surface area contributed by atoms with Crippen LogP contribution in [-0.4, -0.2) is 18.5 Å². The van der Waals surface area contributed by atoms with Crippen molar-refractivity contribution in [3.8, 4) is 6.07 Å². The van der Waals surface area contributed by atoms with Crippen LogP contribution < -0.4 is 10.6 Å². The number of para-hydroxylation sites is 1. The van der Waals surface area contributed by atoms with Gasteiger partial charge in [0.25, 0.3) is 5.91 Å². The van der Waals surface area contributed by atoms with Crippen molar-refractivity contribution in [1.29, 1.82) is 5.26 Å². The van der Waals surface area contributed by atoms with Crippen molar-refractivity contribution in [2.24, 2.45) is 0 Å². The summed E-state index contributed by atoms with van der Waals surface area (Å²) in [5.74, 6) is -1.12. The first-order chi connectivity index (χ1) is 13.5. The summed E-state index contributed by atoms with van der Waals surface area (Å²) in [5, 5.41) is 14.9. The van der Waals surface area contributed by atoms with E-state index in [1.807, 2.05) is 44.2 Å². The molecule has 0 unspecified atom stereocenters. The van der Waals surface area contributed by atoms with Crippen LogP contribution in [0.2, 0.25) is 0 Å². The SMILES string of the molecule is CCCCOC(=O)c1ccccc1NC(=O)/C(C#N)=C\Nc1cccc(C)c1. The third-order valence-corrected chi connectivity index (χ3v) is 3.89. The molecule has 0 heterocycles. The molecule has 0 fully saturated rings. The molecule has 28 heavy (non-hydrogen) atoms. The normalized spacial score (nSPS) is 10.7. The lowest BCUT2D eigenvalue weighted by atomic mass is 10.1. The molecule has 0 aromatic heterocycles. The summed E-state index contributed by atoms with van der Waals surface area (Å²) in [4.78, 5) is 24.7. The predicted octanol–water partition coefficient (Wildman–Crippen LogP) is 4.41. The van der Waals surface area contributed by atoms with Gasteiger partial charge in [0.1, 0.15) is 11.6 Å². The van der Waals surface area contributed by atoms with Gasteiger partial charge in [-0.15, -0.1) is 0 Å². The summed E-state index contributed by atoms with van der Waals surface area (Å²) >= 11 is 0. The molecule has 1 amide bonds. The van der Waals surface area contributed by atoms with Crippen LogP contribution in [0.4, 0.5) is 11.4 Å². The molecule has 0 aliphatic carbocycles. The fourth-order valence-corrected chi connectivity index (χ4v) is 2.39. The lowest BCUT2D eigenvalue weighted by Gasteiger charge is -2.10. The number of carbonyl (C=O) groups excluding carboxylic acids is 2. The summed E-state index contributed by atoms with van der Waals surface area (Å²) in [5.41, 5.74) is 2.24. The van der Waals surface area contributed by atoms with Crippen molar-refractivity contribution >= 4 is 23.3 Å². The molecule has 2 aromatic carbocycles. The number of rotatable bonds is 8. The molecule has 0 aliphatic heterocycles. The highest BCUT2D eigenvalue weighted by Crippen LogP contribution is 2.18. The molecule has 0 bridgehead atoms. The summed E-state index contributed by atoms with van der Waals surface area (Å²) in [7, 11) is 0. The van der Waals surface area contributed by atoms with E-state index in [0.29, 0.717) is 12.3 Å². The van der Waals surface area contributed by atoms with Crippen LogP contribution in [0.3, 0.4) is 0 Å². The van der Waals surface area contributed by atoms with E-state index in [0.717, 1.165) is 24.1 Å². The first kappa shape index (κ1) is 20.7. The van der Waals surface area contributed by atoms with Crippen LogP contribution in [0.25, 0.3) is 0 Å². The molecule has 0 saturated carbocycles. The molecule has 2 N–H and O–H groups in total. The first-order valence-electron chi connectivity index (χ1n) is 9.06. The second-order valence-electron chi connectivity index (χ2n) is 6.17. The minimum absolute atomic E-state index is 0.115. The molecule has 6 heteroatoms. The van der Waals surface area contributed by atoms with E-state index in [1.165, 1.54) is 6.20 Å². The number of hydrogen-bond acceptors (Lipinski definition) is 5. The molecule has 2 rings (SSSR count). The Balaban J connectivity index is 2.11. The van der Waals surface area contributed by atoms with Crippen LogP contribution in [-0.2, 0) is 9.53 Å². The summed E-state index contributed by atoms with van der Waals surface area (Å²) in [6, 6.07) is 16.0. The highest BCUT2D eigenvalue weighted by molar-refractivity contribution is 6.09. The number of nitriles is 1. The minimum Gasteiger partial charge on any atom is -0.462 e. The van der Waals surface area contributed by atoms with Crippen LogP contribution in [0.5, 0.6) is 0 Å². The van der Waals surface area contributed by atoms with Gasteiger partial charge in [0.15, 0.2) is 0 Å². The van der Waals surface area contributed by atoms with E-state index in [2.05, 4.69) is 10.6 Å². The summed E-state index contributed by atoms with van der Waals surface area (Å²) in [6.07, 6.45) is 3.02. The quantitative estimate of drug-likeness (QED) is 0.308. The topological polar surface area (TPSA) is 91.2 Å². The number of hydrogen-bond donors (Lipinski definition) is 2. The highest BCUT2D eigenvalue weighted by atomic mass is 16.5. The molecule has 0 spiro atoms. The number of ether oxygens (including phenoxy) is 1. The van der Waals surface area contributed by atoms with Gasteiger partial charge in [-0.2, -0.15) is 5.26 Å². The Morgan fingerprint density at radius 2 is 1.96 bits per heavy atom. The zero-order chi connectivity index (χ0) is 20.4. The van der Waals surface area contributed by atoms with Crippen molar-refractivity contribution in [1.82, 2.24) is 0 Å². The third-order valence-electron chi connectivity index (χ3n) is 3.89. The number of benzene rings is 2. The third kappa shape index (κ3) is 5.99. The second-order valence-corrected chi connectivity index (χ2v) is 6.17. The van der Waals surface area contributed by atoms with E-state index >= 15 is 0 Å². The zero-order valence-corrected chi connectivity index (χ0v) is 16.0. The van der Waals surface area contributed by atoms with Crippen molar-refractivity contribution in [3.63, 3.8) is 0 Å². The van der Waals surface area contributed by atoms with Crippen LogP contribution in [0.1, 0.15) is 35.7 Å². The van der Waals surface area contributed by atoms with Crippen LogP contribution >= 0.6 is 0 Å².